The standard InChI is InChI=1S/C7H12N2S/c1-2-3-4-8-7-5-10-6-9-7/h5-6,8H,2-4H2,1H3. The molecule has 10 heavy (non-hydrogen) atoms. The van der Waals surface area contributed by atoms with E-state index in [1.54, 1.807) is 11.3 Å². The van der Waals surface area contributed by atoms with Crippen molar-refractivity contribution in [2.45, 2.75) is 19.8 Å². The second-order valence-corrected chi connectivity index (χ2v) is 2.87. The topological polar surface area (TPSA) is 24.9 Å². The summed E-state index contributed by atoms with van der Waals surface area (Å²) < 4.78 is 0. The maximum atomic E-state index is 4.10. The lowest BCUT2D eigenvalue weighted by atomic mass is 10.3. The van der Waals surface area contributed by atoms with Crippen LogP contribution in [0.2, 0.25) is 0 Å². The normalized spacial score (nSPS) is 9.70. The van der Waals surface area contributed by atoms with Gasteiger partial charge in [-0.1, -0.05) is 13.3 Å². The second-order valence-electron chi connectivity index (χ2n) is 2.15. The highest BCUT2D eigenvalue weighted by molar-refractivity contribution is 7.07. The molecule has 0 saturated heterocycles. The number of hydrogen-bond acceptors (Lipinski definition) is 3. The number of aromatic nitrogens is 1. The van der Waals surface area contributed by atoms with Gasteiger partial charge in [0.15, 0.2) is 0 Å². The molecule has 0 radical (unpaired) electrons. The predicted molar refractivity (Wildman–Crippen MR) is 45.5 cm³/mol. The lowest BCUT2D eigenvalue weighted by Crippen LogP contribution is -2.00. The first-order valence-corrected chi connectivity index (χ1v) is 4.50. The fourth-order valence-corrected chi connectivity index (χ4v) is 1.20. The van der Waals surface area contributed by atoms with Gasteiger partial charge in [-0.2, -0.15) is 0 Å². The summed E-state index contributed by atoms with van der Waals surface area (Å²) in [5.74, 6) is 1.01. The van der Waals surface area contributed by atoms with Crippen LogP contribution in [-0.2, 0) is 0 Å². The van der Waals surface area contributed by atoms with Gasteiger partial charge in [-0.05, 0) is 6.42 Å². The smallest absolute Gasteiger partial charge is 0.136 e. The predicted octanol–water partition coefficient (Wildman–Crippen LogP) is 2.36. The van der Waals surface area contributed by atoms with Gasteiger partial charge in [0.05, 0.1) is 5.51 Å². The average Bonchev–Trinajstić information content (AvgIpc) is 2.41. The highest BCUT2D eigenvalue weighted by atomic mass is 32.1. The van der Waals surface area contributed by atoms with Crippen molar-refractivity contribution in [1.29, 1.82) is 0 Å². The molecule has 0 fully saturated rings. The largest absolute Gasteiger partial charge is 0.369 e. The van der Waals surface area contributed by atoms with Crippen molar-refractivity contribution in [2.24, 2.45) is 0 Å². The summed E-state index contributed by atoms with van der Waals surface area (Å²) in [6.45, 7) is 3.23. The Balaban J connectivity index is 2.15. The average molecular weight is 156 g/mol. The van der Waals surface area contributed by atoms with Crippen molar-refractivity contribution in [3.63, 3.8) is 0 Å². The number of unbranched alkanes of at least 4 members (excludes halogenated alkanes) is 1. The molecular formula is C7H12N2S. The van der Waals surface area contributed by atoms with Gasteiger partial charge in [0.2, 0.25) is 0 Å². The lowest BCUT2D eigenvalue weighted by molar-refractivity contribution is 0.832. The molecule has 0 aliphatic carbocycles. The molecule has 0 aliphatic heterocycles. The van der Waals surface area contributed by atoms with E-state index in [9.17, 15) is 0 Å². The Labute approximate surface area is 65.3 Å². The quantitative estimate of drug-likeness (QED) is 0.677. The van der Waals surface area contributed by atoms with Crippen LogP contribution in [0.15, 0.2) is 10.9 Å². The van der Waals surface area contributed by atoms with Crippen LogP contribution in [0.25, 0.3) is 0 Å². The number of hydrogen-bond donors (Lipinski definition) is 1. The molecule has 3 heteroatoms. The first-order valence-electron chi connectivity index (χ1n) is 3.55. The first kappa shape index (κ1) is 7.54. The van der Waals surface area contributed by atoms with E-state index in [0.717, 1.165) is 12.4 Å². The summed E-state index contributed by atoms with van der Waals surface area (Å²) in [6.07, 6.45) is 2.45. The molecule has 0 saturated carbocycles. The molecule has 2 nitrogen and oxygen atoms in total. The van der Waals surface area contributed by atoms with E-state index in [0.29, 0.717) is 0 Å². The second kappa shape index (κ2) is 4.28. The Hall–Kier alpha value is -0.570. The van der Waals surface area contributed by atoms with Crippen molar-refractivity contribution in [3.05, 3.63) is 10.9 Å². The number of thiazole rings is 1. The van der Waals surface area contributed by atoms with Gasteiger partial charge < -0.3 is 5.32 Å². The van der Waals surface area contributed by atoms with Crippen molar-refractivity contribution in [1.82, 2.24) is 4.98 Å². The summed E-state index contributed by atoms with van der Waals surface area (Å²) in [4.78, 5) is 4.10. The molecule has 56 valence electrons. The summed E-state index contributed by atoms with van der Waals surface area (Å²) in [7, 11) is 0. The summed E-state index contributed by atoms with van der Waals surface area (Å²) in [6, 6.07) is 0. The van der Waals surface area contributed by atoms with Crippen molar-refractivity contribution in [3.8, 4) is 0 Å². The maximum absolute atomic E-state index is 4.10. The van der Waals surface area contributed by atoms with Crippen LogP contribution >= 0.6 is 11.3 Å². The number of anilines is 1. The maximum Gasteiger partial charge on any atom is 0.136 e. The molecular weight excluding hydrogens is 144 g/mol. The Morgan fingerprint density at radius 1 is 1.70 bits per heavy atom. The van der Waals surface area contributed by atoms with E-state index in [4.69, 9.17) is 0 Å². The summed E-state index contributed by atoms with van der Waals surface area (Å²) in [5.41, 5.74) is 1.84. The zero-order valence-corrected chi connectivity index (χ0v) is 6.95. The lowest BCUT2D eigenvalue weighted by Gasteiger charge is -1.98. The minimum absolute atomic E-state index is 1.01. The fraction of sp³-hybridized carbons (Fsp3) is 0.571. The van der Waals surface area contributed by atoms with Gasteiger partial charge in [-0.25, -0.2) is 4.98 Å². The Morgan fingerprint density at radius 3 is 3.20 bits per heavy atom. The highest BCUT2D eigenvalue weighted by Gasteiger charge is 1.89. The van der Waals surface area contributed by atoms with Crippen molar-refractivity contribution >= 4 is 17.2 Å². The first-order chi connectivity index (χ1) is 4.93. The molecule has 1 rings (SSSR count). The highest BCUT2D eigenvalue weighted by Crippen LogP contribution is 2.06. The zero-order valence-electron chi connectivity index (χ0n) is 6.13. The van der Waals surface area contributed by atoms with Crippen LogP contribution in [-0.4, -0.2) is 11.5 Å². The minimum atomic E-state index is 1.01. The molecule has 0 aliphatic rings. The molecule has 1 aromatic heterocycles. The van der Waals surface area contributed by atoms with Crippen LogP contribution in [0, 0.1) is 0 Å². The monoisotopic (exact) mass is 156 g/mol. The van der Waals surface area contributed by atoms with Crippen LogP contribution in [0.3, 0.4) is 0 Å². The zero-order chi connectivity index (χ0) is 7.23. The molecule has 0 unspecified atom stereocenters. The van der Waals surface area contributed by atoms with Gasteiger partial charge in [0.1, 0.15) is 5.82 Å². The fourth-order valence-electron chi connectivity index (χ4n) is 0.693. The van der Waals surface area contributed by atoms with Gasteiger partial charge in [-0.3, -0.25) is 0 Å². The third kappa shape index (κ3) is 2.35. The third-order valence-electron chi connectivity index (χ3n) is 1.27. The van der Waals surface area contributed by atoms with E-state index < -0.39 is 0 Å². The Bertz CT molecular complexity index is 160. The summed E-state index contributed by atoms with van der Waals surface area (Å²) >= 11 is 1.62. The Kier molecular flexibility index (Phi) is 3.22. The number of nitrogens with zero attached hydrogens (tertiary/aromatic N) is 1. The molecule has 0 atom stereocenters. The van der Waals surface area contributed by atoms with Crippen LogP contribution in [0.4, 0.5) is 5.82 Å². The van der Waals surface area contributed by atoms with Crippen LogP contribution in [0.1, 0.15) is 19.8 Å². The molecule has 1 aromatic rings. The van der Waals surface area contributed by atoms with E-state index in [1.807, 2.05) is 10.9 Å². The van der Waals surface area contributed by atoms with E-state index >= 15 is 0 Å². The number of rotatable bonds is 4. The minimum Gasteiger partial charge on any atom is -0.369 e. The van der Waals surface area contributed by atoms with Crippen molar-refractivity contribution < 1.29 is 0 Å². The van der Waals surface area contributed by atoms with Crippen molar-refractivity contribution in [2.75, 3.05) is 11.9 Å². The third-order valence-corrected chi connectivity index (χ3v) is 1.86. The Morgan fingerprint density at radius 2 is 2.60 bits per heavy atom. The van der Waals surface area contributed by atoms with Crippen LogP contribution in [0.5, 0.6) is 0 Å². The number of nitrogens with one attached hydrogen (secondary N) is 1. The van der Waals surface area contributed by atoms with Gasteiger partial charge in [0, 0.05) is 11.9 Å². The van der Waals surface area contributed by atoms with Gasteiger partial charge >= 0.3 is 0 Å². The molecule has 0 aromatic carbocycles. The molecule has 0 bridgehead atoms. The van der Waals surface area contributed by atoms with Crippen LogP contribution < -0.4 is 5.32 Å². The van der Waals surface area contributed by atoms with E-state index in [2.05, 4.69) is 17.2 Å². The molecule has 1 heterocycles. The molecule has 1 N–H and O–H groups in total. The summed E-state index contributed by atoms with van der Waals surface area (Å²) in [5, 5.41) is 5.25. The van der Waals surface area contributed by atoms with E-state index in [1.165, 1.54) is 12.8 Å². The van der Waals surface area contributed by atoms with Gasteiger partial charge in [0.25, 0.3) is 0 Å². The molecule has 0 spiro atoms. The molecule has 0 amide bonds. The van der Waals surface area contributed by atoms with Gasteiger partial charge in [-0.15, -0.1) is 11.3 Å². The SMILES string of the molecule is CCCCNc1cscn1. The van der Waals surface area contributed by atoms with E-state index in [-0.39, 0.29) is 0 Å².